The van der Waals surface area contributed by atoms with Gasteiger partial charge in [-0.3, -0.25) is 4.79 Å². The van der Waals surface area contributed by atoms with Crippen LogP contribution in [0.25, 0.3) is 0 Å². The highest BCUT2D eigenvalue weighted by Gasteiger charge is 2.25. The molecule has 27 heavy (non-hydrogen) atoms. The Hall–Kier alpha value is -1.68. The average molecular weight is 427 g/mol. The lowest BCUT2D eigenvalue weighted by Gasteiger charge is -2.25. The van der Waals surface area contributed by atoms with Crippen LogP contribution in [0.1, 0.15) is 29.8 Å². The molecule has 0 aliphatic carbocycles. The van der Waals surface area contributed by atoms with Gasteiger partial charge in [0, 0.05) is 18.8 Å². The highest BCUT2D eigenvalue weighted by atomic mass is 35.5. The molecular weight excluding hydrogens is 408 g/mol. The number of piperidine rings is 1. The summed E-state index contributed by atoms with van der Waals surface area (Å²) in [4.78, 5) is 20.7. The molecule has 1 N–H and O–H groups in total. The molecule has 0 spiro atoms. The zero-order valence-electron chi connectivity index (χ0n) is 14.7. The van der Waals surface area contributed by atoms with E-state index < -0.39 is 15.9 Å². The number of hydrogen-bond donors (Lipinski definition) is 1. The molecule has 3 rings (SSSR count). The smallest absolute Gasteiger partial charge is 0.275 e. The fourth-order valence-electron chi connectivity index (χ4n) is 2.76. The van der Waals surface area contributed by atoms with E-state index in [2.05, 4.69) is 15.3 Å². The van der Waals surface area contributed by atoms with Crippen LogP contribution in [0.3, 0.4) is 0 Å². The monoisotopic (exact) mass is 426 g/mol. The third-order valence-electron chi connectivity index (χ3n) is 4.18. The largest absolute Gasteiger partial charge is 0.321 e. The Morgan fingerprint density at radius 2 is 1.85 bits per heavy atom. The number of rotatable bonds is 5. The van der Waals surface area contributed by atoms with Crippen molar-refractivity contribution in [3.8, 4) is 0 Å². The van der Waals surface area contributed by atoms with E-state index >= 15 is 0 Å². The third kappa shape index (κ3) is 4.60. The Kier molecular flexibility index (Phi) is 6.36. The molecule has 0 bridgehead atoms. The summed E-state index contributed by atoms with van der Waals surface area (Å²) in [6.45, 7) is 1.09. The molecule has 1 fully saturated rings. The van der Waals surface area contributed by atoms with Crippen molar-refractivity contribution in [3.05, 3.63) is 41.2 Å². The topological polar surface area (TPSA) is 92.3 Å². The summed E-state index contributed by atoms with van der Waals surface area (Å²) >= 11 is 7.31. The lowest BCUT2D eigenvalue weighted by molar-refractivity contribution is 0.102. The van der Waals surface area contributed by atoms with E-state index in [1.807, 2.05) is 0 Å². The SMILES string of the molecule is CSc1ncc(Cl)c(C(=O)Nc2ccc(S(=O)(=O)N3CCCCC3)cc2)n1. The molecule has 2 heterocycles. The highest BCUT2D eigenvalue weighted by molar-refractivity contribution is 7.98. The van der Waals surface area contributed by atoms with Crippen molar-refractivity contribution in [2.24, 2.45) is 0 Å². The van der Waals surface area contributed by atoms with Crippen molar-refractivity contribution < 1.29 is 13.2 Å². The summed E-state index contributed by atoms with van der Waals surface area (Å²) in [6.07, 6.45) is 5.99. The van der Waals surface area contributed by atoms with Crippen molar-refractivity contribution in [2.45, 2.75) is 29.3 Å². The first-order valence-corrected chi connectivity index (χ1v) is 11.4. The second-order valence-corrected chi connectivity index (χ2v) is 9.12. The zero-order valence-corrected chi connectivity index (χ0v) is 17.1. The summed E-state index contributed by atoms with van der Waals surface area (Å²) in [7, 11) is -3.50. The molecule has 1 amide bonds. The van der Waals surface area contributed by atoms with E-state index in [0.29, 0.717) is 23.9 Å². The number of sulfonamides is 1. The van der Waals surface area contributed by atoms with Gasteiger partial charge in [-0.2, -0.15) is 4.31 Å². The number of thioether (sulfide) groups is 1. The van der Waals surface area contributed by atoms with Gasteiger partial charge in [0.15, 0.2) is 10.9 Å². The van der Waals surface area contributed by atoms with E-state index in [1.54, 1.807) is 18.4 Å². The molecule has 10 heteroatoms. The minimum atomic E-state index is -3.50. The Balaban J connectivity index is 1.75. The summed E-state index contributed by atoms with van der Waals surface area (Å²) in [6, 6.07) is 6.10. The molecule has 0 atom stereocenters. The zero-order chi connectivity index (χ0) is 19.4. The number of anilines is 1. The Bertz CT molecular complexity index is 930. The van der Waals surface area contributed by atoms with Crippen LogP contribution in [0, 0.1) is 0 Å². The maximum Gasteiger partial charge on any atom is 0.275 e. The van der Waals surface area contributed by atoms with E-state index in [0.717, 1.165) is 19.3 Å². The van der Waals surface area contributed by atoms with Gasteiger partial charge < -0.3 is 5.32 Å². The number of amides is 1. The van der Waals surface area contributed by atoms with Crippen LogP contribution in [0.5, 0.6) is 0 Å². The molecule has 1 saturated heterocycles. The summed E-state index contributed by atoms with van der Waals surface area (Å²) in [5.41, 5.74) is 0.527. The van der Waals surface area contributed by atoms with Crippen molar-refractivity contribution in [3.63, 3.8) is 0 Å². The summed E-state index contributed by atoms with van der Waals surface area (Å²) < 4.78 is 26.8. The van der Waals surface area contributed by atoms with Crippen LogP contribution in [0.4, 0.5) is 5.69 Å². The second-order valence-electron chi connectivity index (χ2n) is 6.00. The molecular formula is C17H19ClN4O3S2. The van der Waals surface area contributed by atoms with Gasteiger partial charge in [-0.25, -0.2) is 18.4 Å². The molecule has 1 aliphatic heterocycles. The van der Waals surface area contributed by atoms with Gasteiger partial charge in [-0.15, -0.1) is 0 Å². The molecule has 0 unspecified atom stereocenters. The fourth-order valence-corrected chi connectivity index (χ4v) is 4.80. The molecule has 144 valence electrons. The van der Waals surface area contributed by atoms with E-state index in [9.17, 15) is 13.2 Å². The number of benzene rings is 1. The van der Waals surface area contributed by atoms with E-state index in [-0.39, 0.29) is 15.6 Å². The predicted octanol–water partition coefficient (Wildman–Crippen LogP) is 3.28. The van der Waals surface area contributed by atoms with Crippen LogP contribution in [0.15, 0.2) is 40.5 Å². The molecule has 1 aromatic heterocycles. The number of carbonyl (C=O) groups is 1. The number of nitrogens with one attached hydrogen (secondary N) is 1. The quantitative estimate of drug-likeness (QED) is 0.582. The number of aromatic nitrogens is 2. The molecule has 0 radical (unpaired) electrons. The number of halogens is 1. The standard InChI is InChI=1S/C17H19ClN4O3S2/c1-26-17-19-11-14(18)15(21-17)16(23)20-12-5-7-13(8-6-12)27(24,25)22-9-3-2-4-10-22/h5-8,11H,2-4,9-10H2,1H3,(H,20,23). The van der Waals surface area contributed by atoms with Crippen LogP contribution in [0.2, 0.25) is 5.02 Å². The Morgan fingerprint density at radius 3 is 2.48 bits per heavy atom. The van der Waals surface area contributed by atoms with Crippen molar-refractivity contribution >= 4 is 45.0 Å². The Labute approximate surface area is 167 Å². The van der Waals surface area contributed by atoms with Gasteiger partial charge in [0.2, 0.25) is 10.0 Å². The first kappa shape index (κ1) is 20.1. The number of carbonyl (C=O) groups excluding carboxylic acids is 1. The second kappa shape index (κ2) is 8.55. The summed E-state index contributed by atoms with van der Waals surface area (Å²) in [5, 5.41) is 3.26. The molecule has 1 aliphatic rings. The first-order valence-electron chi connectivity index (χ1n) is 8.40. The van der Waals surface area contributed by atoms with Gasteiger partial charge in [0.25, 0.3) is 5.91 Å². The normalized spacial score (nSPS) is 15.5. The van der Waals surface area contributed by atoms with Gasteiger partial charge in [0.05, 0.1) is 16.1 Å². The maximum atomic E-state index is 12.7. The maximum absolute atomic E-state index is 12.7. The molecule has 1 aromatic carbocycles. The lowest BCUT2D eigenvalue weighted by Crippen LogP contribution is -2.35. The van der Waals surface area contributed by atoms with Crippen molar-refractivity contribution in [2.75, 3.05) is 24.7 Å². The third-order valence-corrected chi connectivity index (χ3v) is 6.94. The minimum Gasteiger partial charge on any atom is -0.321 e. The van der Waals surface area contributed by atoms with Gasteiger partial charge in [0.1, 0.15) is 0 Å². The Morgan fingerprint density at radius 1 is 1.19 bits per heavy atom. The predicted molar refractivity (Wildman–Crippen MR) is 106 cm³/mol. The van der Waals surface area contributed by atoms with Crippen LogP contribution < -0.4 is 5.32 Å². The van der Waals surface area contributed by atoms with Gasteiger partial charge in [-0.1, -0.05) is 29.8 Å². The molecule has 0 saturated carbocycles. The number of hydrogen-bond acceptors (Lipinski definition) is 6. The highest BCUT2D eigenvalue weighted by Crippen LogP contribution is 2.23. The van der Waals surface area contributed by atoms with E-state index in [1.165, 1.54) is 34.4 Å². The van der Waals surface area contributed by atoms with Crippen molar-refractivity contribution in [1.82, 2.24) is 14.3 Å². The van der Waals surface area contributed by atoms with Crippen LogP contribution in [-0.4, -0.2) is 47.9 Å². The lowest BCUT2D eigenvalue weighted by atomic mass is 10.2. The van der Waals surface area contributed by atoms with Crippen molar-refractivity contribution in [1.29, 1.82) is 0 Å². The average Bonchev–Trinajstić information content (AvgIpc) is 2.69. The minimum absolute atomic E-state index is 0.0704. The first-order chi connectivity index (χ1) is 12.9. The molecule has 7 nitrogen and oxygen atoms in total. The van der Waals surface area contributed by atoms with Gasteiger partial charge in [-0.05, 0) is 43.4 Å². The van der Waals surface area contributed by atoms with Crippen LogP contribution in [-0.2, 0) is 10.0 Å². The molecule has 2 aromatic rings. The number of nitrogens with zero attached hydrogens (tertiary/aromatic N) is 3. The fraction of sp³-hybridized carbons (Fsp3) is 0.353. The summed E-state index contributed by atoms with van der Waals surface area (Å²) in [5.74, 6) is -0.482. The van der Waals surface area contributed by atoms with E-state index in [4.69, 9.17) is 11.6 Å². The van der Waals surface area contributed by atoms with Crippen LogP contribution >= 0.6 is 23.4 Å². The van der Waals surface area contributed by atoms with Gasteiger partial charge >= 0.3 is 0 Å².